The topological polar surface area (TPSA) is 232 Å². The van der Waals surface area contributed by atoms with Crippen LogP contribution in [0.25, 0.3) is 0 Å². The highest BCUT2D eigenvalue weighted by Gasteiger charge is 2.65. The van der Waals surface area contributed by atoms with Crippen molar-refractivity contribution in [1.82, 2.24) is 0 Å². The number of unbranched alkanes of at least 4 members (excludes halogenated alkanes) is 1. The first-order valence-corrected chi connectivity index (χ1v) is 23.3. The van der Waals surface area contributed by atoms with Gasteiger partial charge in [0.1, 0.15) is 57.5 Å². The summed E-state index contributed by atoms with van der Waals surface area (Å²) in [6.07, 6.45) is -55.7. The lowest BCUT2D eigenvalue weighted by atomic mass is 10.1. The smallest absolute Gasteiger partial charge is 0.394 e. The molecule has 0 radical (unpaired) electrons. The Labute approximate surface area is 445 Å². The van der Waals surface area contributed by atoms with Crippen molar-refractivity contribution in [3.05, 3.63) is 0 Å². The Morgan fingerprint density at radius 2 is 0.642 bits per heavy atom. The predicted octanol–water partition coefficient (Wildman–Crippen LogP) is 6.38. The molecule has 0 aromatic heterocycles. The van der Waals surface area contributed by atoms with Crippen LogP contribution in [0.2, 0.25) is 0 Å². The van der Waals surface area contributed by atoms with Crippen LogP contribution in [0.5, 0.6) is 0 Å². The molecule has 0 saturated heterocycles. The summed E-state index contributed by atoms with van der Waals surface area (Å²) < 4.78 is 349. The Bertz CT molecular complexity index is 1680. The quantitative estimate of drug-likeness (QED) is 0.0220. The Balaban J connectivity index is 4.51. The van der Waals surface area contributed by atoms with Crippen molar-refractivity contribution in [3.8, 4) is 0 Å². The van der Waals surface area contributed by atoms with Gasteiger partial charge in [-0.3, -0.25) is 0 Å². The lowest BCUT2D eigenvalue weighted by Crippen LogP contribution is -2.50. The van der Waals surface area contributed by atoms with Gasteiger partial charge in [0.05, 0.1) is 79.3 Å². The van der Waals surface area contributed by atoms with Gasteiger partial charge in [0.2, 0.25) is 0 Å². The Hall–Kier alpha value is -2.26. The number of aliphatic hydroxyl groups is 6. The molecule has 488 valence electrons. The van der Waals surface area contributed by atoms with Gasteiger partial charge >= 0.3 is 48.7 Å². The zero-order chi connectivity index (χ0) is 62.8. The molecule has 81 heavy (non-hydrogen) atoms. The van der Waals surface area contributed by atoms with E-state index in [4.69, 9.17) is 14.9 Å². The van der Waals surface area contributed by atoms with E-state index >= 15 is 0 Å². The summed E-state index contributed by atoms with van der Waals surface area (Å²) in [5.74, 6) is -15.9. The zero-order valence-electron chi connectivity index (χ0n) is 42.3. The Morgan fingerprint density at radius 1 is 0.333 bits per heavy atom. The number of hydrogen-bond acceptors (Lipinski definition) is 18. The van der Waals surface area contributed by atoms with E-state index in [1.807, 2.05) is 0 Å². The van der Waals surface area contributed by atoms with Crippen LogP contribution in [-0.4, -0.2) is 240 Å². The lowest BCUT2D eigenvalue weighted by molar-refractivity contribution is -0.484. The lowest BCUT2D eigenvalue weighted by Gasteiger charge is -2.29. The SMILES string of the molecule is CC(F)(F)C(F)(F)OCCCCC(F)(F)COCC(O)COCC(O)COCC(F)(F)OC(F)(F)C(F)(F)OCCCC(F)(F)COC(O)COCC(O)COCC(F)(F)OC(F)(F)C(F)(F)OCCCC(F)(F)COCC(O)CO. The molecule has 0 aliphatic heterocycles. The van der Waals surface area contributed by atoms with Crippen molar-refractivity contribution in [2.45, 2.75) is 149 Å². The average molecular weight is 1260 g/mol. The highest BCUT2D eigenvalue weighted by Crippen LogP contribution is 2.42. The summed E-state index contributed by atoms with van der Waals surface area (Å²) in [6, 6.07) is 0. The molecule has 0 heterocycles. The molecule has 0 fully saturated rings. The standard InChI is InChI=1S/C41H62F22O18/c1-31(42,43)37(54,55)77-9-3-2-6-32(44,45)21-73-17-27(66)14-70-15-28(67)18-74-24-35(50,51)80-41(62,63)39(58,59)79-11-5-8-34(48,49)23-76-30(69)20-71-16-29(68)19-75-25-36(52,53)81-40(60,61)38(56,57)78-10-4-7-33(46,47)22-72-13-26(65)12-64/h26-30,64-69H,2-25H2,1H3. The third-order valence-corrected chi connectivity index (χ3v) is 9.20. The fraction of sp³-hybridized carbons (Fsp3) is 1.00. The highest BCUT2D eigenvalue weighted by atomic mass is 19.4. The fourth-order valence-corrected chi connectivity index (χ4v) is 5.24. The first kappa shape index (κ1) is 78.7. The van der Waals surface area contributed by atoms with Gasteiger partial charge in [-0.25, -0.2) is 35.8 Å². The van der Waals surface area contributed by atoms with E-state index in [-0.39, 0.29) is 6.92 Å². The molecule has 0 amide bonds. The number of halogens is 22. The maximum absolute atomic E-state index is 14.2. The summed E-state index contributed by atoms with van der Waals surface area (Å²) in [6.45, 7) is -21.8. The second kappa shape index (κ2) is 34.8. The maximum atomic E-state index is 14.2. The van der Waals surface area contributed by atoms with E-state index in [1.165, 1.54) is 0 Å². The maximum Gasteiger partial charge on any atom is 0.452 e. The summed E-state index contributed by atoms with van der Waals surface area (Å²) in [7, 11) is 0. The van der Waals surface area contributed by atoms with Gasteiger partial charge in [-0.05, 0) is 25.7 Å². The second-order valence-corrected chi connectivity index (χ2v) is 17.4. The highest BCUT2D eigenvalue weighted by molar-refractivity contribution is 4.75. The van der Waals surface area contributed by atoms with Gasteiger partial charge in [-0.1, -0.05) is 0 Å². The van der Waals surface area contributed by atoms with E-state index in [1.54, 1.807) is 0 Å². The average Bonchev–Trinajstić information content (AvgIpc) is 3.29. The van der Waals surface area contributed by atoms with Crippen molar-refractivity contribution in [2.24, 2.45) is 0 Å². The summed E-state index contributed by atoms with van der Waals surface area (Å²) in [5.41, 5.74) is 0. The van der Waals surface area contributed by atoms with Gasteiger partial charge in [0.25, 0.3) is 17.8 Å². The van der Waals surface area contributed by atoms with E-state index in [0.717, 1.165) is 0 Å². The molecule has 0 aliphatic rings. The monoisotopic (exact) mass is 1260 g/mol. The molecule has 0 spiro atoms. The Morgan fingerprint density at radius 3 is 1.02 bits per heavy atom. The first-order chi connectivity index (χ1) is 36.7. The summed E-state index contributed by atoms with van der Waals surface area (Å²) in [4.78, 5) is 0. The van der Waals surface area contributed by atoms with Crippen LogP contribution in [-0.2, 0) is 56.8 Å². The van der Waals surface area contributed by atoms with Crippen LogP contribution in [0.1, 0.15) is 51.9 Å². The van der Waals surface area contributed by atoms with Crippen LogP contribution in [0, 0.1) is 0 Å². The molecular formula is C41H62F22O18. The van der Waals surface area contributed by atoms with Crippen molar-refractivity contribution >= 4 is 0 Å². The van der Waals surface area contributed by atoms with Gasteiger partial charge in [0.15, 0.2) is 6.29 Å². The molecule has 0 saturated carbocycles. The zero-order valence-corrected chi connectivity index (χ0v) is 42.3. The molecule has 0 rings (SSSR count). The van der Waals surface area contributed by atoms with Crippen molar-refractivity contribution in [1.29, 1.82) is 0 Å². The third kappa shape index (κ3) is 35.1. The minimum absolute atomic E-state index is 0.109. The molecule has 6 N–H and O–H groups in total. The molecule has 40 heteroatoms. The number of ether oxygens (including phenoxy) is 12. The van der Waals surface area contributed by atoms with Crippen LogP contribution < -0.4 is 0 Å². The molecule has 18 nitrogen and oxygen atoms in total. The number of alkyl halides is 22. The fourth-order valence-electron chi connectivity index (χ4n) is 5.24. The molecule has 0 bridgehead atoms. The van der Waals surface area contributed by atoms with E-state index in [0.29, 0.717) is 0 Å². The number of aliphatic hydroxyl groups excluding tert-OH is 6. The van der Waals surface area contributed by atoms with Gasteiger partial charge in [-0.15, -0.1) is 0 Å². The molecular weight excluding hydrogens is 1200 g/mol. The molecule has 0 aromatic carbocycles. The number of hydrogen-bond donors (Lipinski definition) is 6. The minimum Gasteiger partial charge on any atom is -0.394 e. The molecule has 5 unspecified atom stereocenters. The van der Waals surface area contributed by atoms with Crippen molar-refractivity contribution in [2.75, 3.05) is 112 Å². The van der Waals surface area contributed by atoms with E-state index < -0.39 is 254 Å². The number of rotatable bonds is 51. The summed E-state index contributed by atoms with van der Waals surface area (Å²) in [5, 5.41) is 56.5. The van der Waals surface area contributed by atoms with Crippen LogP contribution in [0.4, 0.5) is 96.6 Å². The third-order valence-electron chi connectivity index (χ3n) is 9.20. The minimum atomic E-state index is -6.18. The van der Waals surface area contributed by atoms with Gasteiger partial charge in [-0.2, -0.15) is 70.2 Å². The summed E-state index contributed by atoms with van der Waals surface area (Å²) >= 11 is 0. The van der Waals surface area contributed by atoms with Crippen LogP contribution in [0.15, 0.2) is 0 Å². The normalized spacial score (nSPS) is 16.3. The van der Waals surface area contributed by atoms with Gasteiger partial charge in [0, 0.05) is 26.2 Å². The molecule has 5 atom stereocenters. The van der Waals surface area contributed by atoms with Crippen LogP contribution in [0.3, 0.4) is 0 Å². The molecule has 0 aliphatic carbocycles. The van der Waals surface area contributed by atoms with E-state index in [2.05, 4.69) is 52.1 Å². The van der Waals surface area contributed by atoms with E-state index in [9.17, 15) is 117 Å². The predicted molar refractivity (Wildman–Crippen MR) is 220 cm³/mol. The largest absolute Gasteiger partial charge is 0.452 e. The molecule has 0 aromatic rings. The second-order valence-electron chi connectivity index (χ2n) is 17.4. The van der Waals surface area contributed by atoms with Crippen molar-refractivity contribution in [3.63, 3.8) is 0 Å². The van der Waals surface area contributed by atoms with Crippen LogP contribution >= 0.6 is 0 Å². The van der Waals surface area contributed by atoms with Gasteiger partial charge < -0.3 is 78.0 Å². The first-order valence-electron chi connectivity index (χ1n) is 23.3. The Kier molecular flexibility index (Phi) is 33.8. The van der Waals surface area contributed by atoms with Crippen molar-refractivity contribution < 1.29 is 184 Å².